The van der Waals surface area contributed by atoms with Crippen molar-refractivity contribution in [2.45, 2.75) is 6.55 Å². The van der Waals surface area contributed by atoms with Gasteiger partial charge in [-0.15, -0.1) is 0 Å². The molecular weight excluding hydrogens is 106 g/mol. The summed E-state index contributed by atoms with van der Waals surface area (Å²) in [6, 6.07) is 0. The molecule has 0 radical (unpaired) electrons. The molecule has 0 amide bonds. The highest BCUT2D eigenvalue weighted by Crippen LogP contribution is 2.03. The Morgan fingerprint density at radius 3 is 1.67 bits per heavy atom. The molecule has 1 nitrogen and oxygen atoms in total. The van der Waals surface area contributed by atoms with Crippen LogP contribution in [0.5, 0.6) is 0 Å². The largest absolute Gasteiger partial charge is 0.574 e. The summed E-state index contributed by atoms with van der Waals surface area (Å²) in [5.41, 5.74) is 0. The van der Waals surface area contributed by atoms with Crippen molar-refractivity contribution in [1.29, 1.82) is 0 Å². The van der Waals surface area contributed by atoms with Gasteiger partial charge in [-0.1, -0.05) is 0 Å². The fourth-order valence-electron chi connectivity index (χ4n) is 0. The van der Waals surface area contributed by atoms with Crippen molar-refractivity contribution in [3.05, 3.63) is 0 Å². The van der Waals surface area contributed by atoms with Gasteiger partial charge in [0.15, 0.2) is 0 Å². The molecule has 0 bridgehead atoms. The number of halogens is 2. The number of hydrogen-bond donors (Lipinski definition) is 0. The fraction of sp³-hybridized carbons (Fsp3) is 1.00. The Morgan fingerprint density at radius 2 is 1.67 bits per heavy atom. The minimum atomic E-state index is -4.13. The first kappa shape index (κ1) is 6.04. The molecule has 0 aliphatic carbocycles. The second kappa shape index (κ2) is 1.66. The maximum absolute atomic E-state index is 11.4. The summed E-state index contributed by atoms with van der Waals surface area (Å²) < 4.78 is 26.5. The maximum atomic E-state index is 11.4. The van der Waals surface area contributed by atoms with Gasteiger partial charge in [0.2, 0.25) is 0 Å². The molecule has 4 heteroatoms. The molecule has 0 saturated heterocycles. The molecule has 0 unspecified atom stereocenters. The minimum absolute atomic E-state index is 0.826. The lowest BCUT2D eigenvalue weighted by Crippen LogP contribution is -2.18. The summed E-state index contributed by atoms with van der Waals surface area (Å²) >= 11 is 0. The molecule has 0 heterocycles. The number of hydrogen-bond acceptors (Lipinski definition) is 1. The van der Waals surface area contributed by atoms with Crippen molar-refractivity contribution in [3.8, 4) is 0 Å². The standard InChI is InChI=1S/C2H6F2OSi/c1-5-6(2,3)4/h1-2H3. The topological polar surface area (TPSA) is 9.23 Å². The molecule has 0 atom stereocenters. The molecule has 0 rings (SSSR count). The lowest BCUT2D eigenvalue weighted by Gasteiger charge is -1.98. The predicted molar refractivity (Wildman–Crippen MR) is 20.8 cm³/mol. The molecular formula is C2H6F2OSi. The van der Waals surface area contributed by atoms with E-state index in [2.05, 4.69) is 4.43 Å². The van der Waals surface area contributed by atoms with Crippen LogP contribution in [0.15, 0.2) is 0 Å². The van der Waals surface area contributed by atoms with Crippen LogP contribution in [0.3, 0.4) is 0 Å². The van der Waals surface area contributed by atoms with Gasteiger partial charge in [-0.2, -0.15) is 0 Å². The summed E-state index contributed by atoms with van der Waals surface area (Å²) in [6.07, 6.45) is 0. The van der Waals surface area contributed by atoms with E-state index >= 15 is 0 Å². The molecule has 38 valence electrons. The highest BCUT2D eigenvalue weighted by Gasteiger charge is 2.27. The maximum Gasteiger partial charge on any atom is 0.574 e. The zero-order valence-corrected chi connectivity index (χ0v) is 4.66. The Kier molecular flexibility index (Phi) is 1.67. The molecule has 0 aromatic heterocycles. The molecule has 0 N–H and O–H groups in total. The Hall–Kier alpha value is 0.0369. The van der Waals surface area contributed by atoms with Crippen LogP contribution in [0, 0.1) is 0 Å². The predicted octanol–water partition coefficient (Wildman–Crippen LogP) is 1.14. The van der Waals surface area contributed by atoms with E-state index < -0.39 is 8.99 Å². The number of rotatable bonds is 1. The SMILES string of the molecule is CO[Si](C)(F)F. The normalized spacial score (nSPS) is 12.0. The van der Waals surface area contributed by atoms with Crippen LogP contribution in [0.2, 0.25) is 6.55 Å². The quantitative estimate of drug-likeness (QED) is 0.365. The lowest BCUT2D eigenvalue weighted by atomic mass is 11.8. The monoisotopic (exact) mass is 112 g/mol. The highest BCUT2D eigenvalue weighted by atomic mass is 28.4. The summed E-state index contributed by atoms with van der Waals surface area (Å²) in [6.45, 7) is 0.826. The van der Waals surface area contributed by atoms with Crippen LogP contribution in [-0.2, 0) is 4.43 Å². The molecule has 0 spiro atoms. The van der Waals surface area contributed by atoms with E-state index in [-0.39, 0.29) is 0 Å². The second-order valence-electron chi connectivity index (χ2n) is 1.01. The average molecular weight is 112 g/mol. The van der Waals surface area contributed by atoms with Crippen molar-refractivity contribution >= 4 is 8.99 Å². The van der Waals surface area contributed by atoms with E-state index in [1.54, 1.807) is 0 Å². The van der Waals surface area contributed by atoms with E-state index in [1.165, 1.54) is 0 Å². The summed E-state index contributed by atoms with van der Waals surface area (Å²) in [4.78, 5) is 0. The van der Waals surface area contributed by atoms with E-state index in [0.717, 1.165) is 13.7 Å². The van der Waals surface area contributed by atoms with Gasteiger partial charge in [0.1, 0.15) is 0 Å². The Labute approximate surface area is 36.4 Å². The van der Waals surface area contributed by atoms with Gasteiger partial charge < -0.3 is 4.43 Å². The Balaban J connectivity index is 3.17. The van der Waals surface area contributed by atoms with E-state index in [1.807, 2.05) is 0 Å². The van der Waals surface area contributed by atoms with Gasteiger partial charge in [-0.25, -0.2) is 8.22 Å². The molecule has 6 heavy (non-hydrogen) atoms. The van der Waals surface area contributed by atoms with E-state index in [0.29, 0.717) is 0 Å². The van der Waals surface area contributed by atoms with Gasteiger partial charge in [-0.3, -0.25) is 0 Å². The van der Waals surface area contributed by atoms with Gasteiger partial charge in [0.05, 0.1) is 0 Å². The average Bonchev–Trinajstić information content (AvgIpc) is 1.35. The van der Waals surface area contributed by atoms with Gasteiger partial charge >= 0.3 is 8.99 Å². The van der Waals surface area contributed by atoms with E-state index in [9.17, 15) is 8.22 Å². The highest BCUT2D eigenvalue weighted by molar-refractivity contribution is 6.57. The van der Waals surface area contributed by atoms with Crippen LogP contribution >= 0.6 is 0 Å². The third-order valence-electron chi connectivity index (χ3n) is 0.358. The molecule has 0 aliphatic heterocycles. The first-order chi connectivity index (χ1) is 2.56. The van der Waals surface area contributed by atoms with Crippen LogP contribution in [0.25, 0.3) is 0 Å². The van der Waals surface area contributed by atoms with Crippen molar-refractivity contribution in [2.24, 2.45) is 0 Å². The molecule has 0 aromatic carbocycles. The second-order valence-corrected chi connectivity index (χ2v) is 3.04. The summed E-state index contributed by atoms with van der Waals surface area (Å²) in [7, 11) is -3.11. The fourth-order valence-corrected chi connectivity index (χ4v) is 0. The van der Waals surface area contributed by atoms with Crippen molar-refractivity contribution in [1.82, 2.24) is 0 Å². The van der Waals surface area contributed by atoms with Crippen LogP contribution in [-0.4, -0.2) is 16.1 Å². The molecule has 0 aliphatic rings. The Bertz CT molecular complexity index is 41.3. The van der Waals surface area contributed by atoms with E-state index in [4.69, 9.17) is 0 Å². The molecule has 0 fully saturated rings. The Morgan fingerprint density at radius 1 is 1.50 bits per heavy atom. The van der Waals surface area contributed by atoms with Crippen LogP contribution < -0.4 is 0 Å². The van der Waals surface area contributed by atoms with Crippen molar-refractivity contribution < 1.29 is 12.6 Å². The van der Waals surface area contributed by atoms with Crippen LogP contribution in [0.1, 0.15) is 0 Å². The lowest BCUT2D eigenvalue weighted by molar-refractivity contribution is 0.294. The zero-order valence-electron chi connectivity index (χ0n) is 3.66. The van der Waals surface area contributed by atoms with Crippen molar-refractivity contribution in [3.63, 3.8) is 0 Å². The van der Waals surface area contributed by atoms with Crippen molar-refractivity contribution in [2.75, 3.05) is 7.11 Å². The van der Waals surface area contributed by atoms with Crippen LogP contribution in [0.4, 0.5) is 8.22 Å². The molecule has 0 aromatic rings. The third-order valence-corrected chi connectivity index (χ3v) is 1.08. The summed E-state index contributed by atoms with van der Waals surface area (Å²) in [5, 5.41) is 0. The third kappa shape index (κ3) is 4.04. The minimum Gasteiger partial charge on any atom is -0.371 e. The molecule has 0 saturated carbocycles. The first-order valence-electron chi connectivity index (χ1n) is 1.49. The van der Waals surface area contributed by atoms with Gasteiger partial charge in [0.25, 0.3) is 0 Å². The zero-order chi connectivity index (χ0) is 5.21. The summed E-state index contributed by atoms with van der Waals surface area (Å²) in [5.74, 6) is 0. The van der Waals surface area contributed by atoms with Gasteiger partial charge in [0, 0.05) is 13.7 Å². The first-order valence-corrected chi connectivity index (χ1v) is 3.65. The smallest absolute Gasteiger partial charge is 0.371 e. The van der Waals surface area contributed by atoms with Gasteiger partial charge in [-0.05, 0) is 0 Å².